The Kier molecular flexibility index (Phi) is 6.66. The number of hydroxylamine groups is 1. The van der Waals surface area contributed by atoms with Crippen molar-refractivity contribution in [3.8, 4) is 0 Å². The van der Waals surface area contributed by atoms with E-state index in [0.29, 0.717) is 32.5 Å². The molecule has 0 radical (unpaired) electrons. The molecule has 2 aromatic heterocycles. The number of esters is 1. The van der Waals surface area contributed by atoms with Gasteiger partial charge in [0.2, 0.25) is 11.9 Å². The zero-order valence-corrected chi connectivity index (χ0v) is 21.8. The standard InChI is InChI=1S/C28H27FN6O5/c1-2-24(37)39-25-26(38)40-35(27-30-14-11-23(36)34(25)27)20-12-15-32(16-13-20)28-31-21-5-3-4-6-22(21)33(28)17-18-7-9-19(29)10-8-18/h3-11,14,20,25H,2,12-13,15-17H2,1H3. The van der Waals surface area contributed by atoms with Gasteiger partial charge in [0.25, 0.3) is 11.8 Å². The maximum absolute atomic E-state index is 13.5. The minimum atomic E-state index is -1.52. The van der Waals surface area contributed by atoms with E-state index in [2.05, 4.69) is 14.5 Å². The van der Waals surface area contributed by atoms with Crippen LogP contribution in [-0.4, -0.2) is 50.2 Å². The van der Waals surface area contributed by atoms with Crippen molar-refractivity contribution in [3.63, 3.8) is 0 Å². The fraction of sp³-hybridized carbons (Fsp3) is 0.321. The Bertz CT molecular complexity index is 1630. The summed E-state index contributed by atoms with van der Waals surface area (Å²) in [5.74, 6) is -0.862. The average molecular weight is 547 g/mol. The third-order valence-corrected chi connectivity index (χ3v) is 7.18. The molecule has 0 spiro atoms. The molecule has 1 unspecified atom stereocenters. The fourth-order valence-corrected chi connectivity index (χ4v) is 5.16. The van der Waals surface area contributed by atoms with Crippen LogP contribution in [0.1, 0.15) is 38.0 Å². The van der Waals surface area contributed by atoms with Gasteiger partial charge in [-0.15, -0.1) is 0 Å². The number of halogens is 1. The molecule has 2 aliphatic heterocycles. The van der Waals surface area contributed by atoms with Crippen molar-refractivity contribution in [3.05, 3.63) is 82.5 Å². The lowest BCUT2D eigenvalue weighted by Gasteiger charge is -2.40. The second kappa shape index (κ2) is 10.4. The highest BCUT2D eigenvalue weighted by Crippen LogP contribution is 2.32. The monoisotopic (exact) mass is 546 g/mol. The van der Waals surface area contributed by atoms with Gasteiger partial charge in [0.15, 0.2) is 0 Å². The minimum Gasteiger partial charge on any atom is -0.429 e. The fourth-order valence-electron chi connectivity index (χ4n) is 5.16. The summed E-state index contributed by atoms with van der Waals surface area (Å²) in [6, 6.07) is 15.2. The third-order valence-electron chi connectivity index (χ3n) is 7.18. The van der Waals surface area contributed by atoms with Crippen molar-refractivity contribution in [1.29, 1.82) is 0 Å². The lowest BCUT2D eigenvalue weighted by Crippen LogP contribution is -2.53. The smallest absolute Gasteiger partial charge is 0.394 e. The largest absolute Gasteiger partial charge is 0.429 e. The van der Waals surface area contributed by atoms with E-state index < -0.39 is 23.7 Å². The molecular weight excluding hydrogens is 519 g/mol. The van der Waals surface area contributed by atoms with Gasteiger partial charge in [0, 0.05) is 31.8 Å². The summed E-state index contributed by atoms with van der Waals surface area (Å²) in [5.41, 5.74) is 2.26. The molecule has 40 heavy (non-hydrogen) atoms. The first-order valence-electron chi connectivity index (χ1n) is 13.2. The van der Waals surface area contributed by atoms with Gasteiger partial charge in [-0.1, -0.05) is 31.2 Å². The minimum absolute atomic E-state index is 0.0439. The van der Waals surface area contributed by atoms with Gasteiger partial charge >= 0.3 is 11.9 Å². The molecule has 11 nitrogen and oxygen atoms in total. The predicted molar refractivity (Wildman–Crippen MR) is 143 cm³/mol. The van der Waals surface area contributed by atoms with Crippen molar-refractivity contribution >= 4 is 34.9 Å². The molecule has 206 valence electrons. The molecule has 0 bridgehead atoms. The average Bonchev–Trinajstić information content (AvgIpc) is 3.34. The summed E-state index contributed by atoms with van der Waals surface area (Å²) in [7, 11) is 0. The number of piperidine rings is 1. The van der Waals surface area contributed by atoms with Gasteiger partial charge < -0.3 is 19.0 Å². The first-order valence-corrected chi connectivity index (χ1v) is 13.2. The molecule has 4 heterocycles. The first kappa shape index (κ1) is 25.5. The van der Waals surface area contributed by atoms with Crippen molar-refractivity contribution in [2.24, 2.45) is 0 Å². The van der Waals surface area contributed by atoms with E-state index in [-0.39, 0.29) is 24.2 Å². The Labute approximate surface area is 228 Å². The SMILES string of the molecule is CCC(=O)OC1C(=O)ON(C2CCN(c3nc4ccccc4n3Cc3ccc(F)cc3)CC2)c2nccc(=O)n21. The van der Waals surface area contributed by atoms with Crippen LogP contribution >= 0.6 is 0 Å². The van der Waals surface area contributed by atoms with Crippen LogP contribution in [0, 0.1) is 5.82 Å². The van der Waals surface area contributed by atoms with Crippen LogP contribution in [0.2, 0.25) is 0 Å². The molecule has 6 rings (SSSR count). The number of aromatic nitrogens is 4. The van der Waals surface area contributed by atoms with E-state index in [9.17, 15) is 18.8 Å². The van der Waals surface area contributed by atoms with Crippen LogP contribution in [0.4, 0.5) is 16.3 Å². The maximum atomic E-state index is 13.5. The summed E-state index contributed by atoms with van der Waals surface area (Å²) < 4.78 is 21.9. The second-order valence-corrected chi connectivity index (χ2v) is 9.72. The topological polar surface area (TPSA) is 112 Å². The Morgan fingerprint density at radius 1 is 1.05 bits per heavy atom. The van der Waals surface area contributed by atoms with Crippen LogP contribution in [-0.2, 0) is 25.7 Å². The number of fused-ring (bicyclic) bond motifs is 2. The number of carbonyl (C=O) groups excluding carboxylic acids is 2. The number of benzene rings is 2. The maximum Gasteiger partial charge on any atom is 0.394 e. The number of hydrogen-bond donors (Lipinski definition) is 0. The molecule has 0 N–H and O–H groups in total. The summed E-state index contributed by atoms with van der Waals surface area (Å²) in [6.45, 7) is 3.31. The highest BCUT2D eigenvalue weighted by Gasteiger charge is 2.42. The van der Waals surface area contributed by atoms with E-state index >= 15 is 0 Å². The van der Waals surface area contributed by atoms with Crippen LogP contribution in [0.25, 0.3) is 11.0 Å². The number of hydrogen-bond acceptors (Lipinski definition) is 9. The predicted octanol–water partition coefficient (Wildman–Crippen LogP) is 3.18. The summed E-state index contributed by atoms with van der Waals surface area (Å²) in [6.07, 6.45) is 1.02. The first-order chi connectivity index (χ1) is 19.4. The number of carbonyl (C=O) groups is 2. The Morgan fingerprint density at radius 3 is 2.55 bits per heavy atom. The zero-order chi connectivity index (χ0) is 27.8. The molecule has 12 heteroatoms. The van der Waals surface area contributed by atoms with Crippen molar-refractivity contribution in [2.75, 3.05) is 23.1 Å². The van der Waals surface area contributed by atoms with Gasteiger partial charge in [0.05, 0.1) is 23.6 Å². The van der Waals surface area contributed by atoms with Crippen molar-refractivity contribution in [1.82, 2.24) is 19.1 Å². The van der Waals surface area contributed by atoms with Crippen LogP contribution in [0.3, 0.4) is 0 Å². The Morgan fingerprint density at radius 2 is 1.80 bits per heavy atom. The third kappa shape index (κ3) is 4.65. The van der Waals surface area contributed by atoms with E-state index in [0.717, 1.165) is 27.1 Å². The normalized spacial score (nSPS) is 17.6. The van der Waals surface area contributed by atoms with Gasteiger partial charge in [-0.25, -0.2) is 23.7 Å². The number of para-hydroxylation sites is 2. The Hall–Kier alpha value is -4.74. The van der Waals surface area contributed by atoms with E-state index in [1.54, 1.807) is 19.1 Å². The highest BCUT2D eigenvalue weighted by molar-refractivity contribution is 5.80. The number of nitrogens with zero attached hydrogens (tertiary/aromatic N) is 6. The molecule has 1 fully saturated rings. The summed E-state index contributed by atoms with van der Waals surface area (Å²) in [4.78, 5) is 54.4. The molecule has 1 atom stereocenters. The van der Waals surface area contributed by atoms with Gasteiger partial charge in [0.1, 0.15) is 5.82 Å². The van der Waals surface area contributed by atoms with Crippen LogP contribution in [0.5, 0.6) is 0 Å². The lowest BCUT2D eigenvalue weighted by molar-refractivity contribution is -0.181. The van der Waals surface area contributed by atoms with E-state index in [1.807, 2.05) is 24.3 Å². The number of rotatable bonds is 6. The second-order valence-electron chi connectivity index (χ2n) is 9.72. The molecule has 0 amide bonds. The van der Waals surface area contributed by atoms with Gasteiger partial charge in [-0.3, -0.25) is 9.59 Å². The molecule has 2 aliphatic rings. The van der Waals surface area contributed by atoms with E-state index in [4.69, 9.17) is 14.6 Å². The molecule has 0 aliphatic carbocycles. The number of anilines is 2. The molecule has 2 aromatic carbocycles. The van der Waals surface area contributed by atoms with E-state index in [1.165, 1.54) is 29.5 Å². The van der Waals surface area contributed by atoms with Gasteiger partial charge in [-0.05, 0) is 42.7 Å². The molecule has 1 saturated heterocycles. The lowest BCUT2D eigenvalue weighted by atomic mass is 10.1. The highest BCUT2D eigenvalue weighted by atomic mass is 19.1. The molecular formula is C28H27FN6O5. The van der Waals surface area contributed by atoms with Crippen LogP contribution < -0.4 is 15.5 Å². The zero-order valence-electron chi connectivity index (χ0n) is 21.8. The van der Waals surface area contributed by atoms with Crippen molar-refractivity contribution < 1.29 is 23.6 Å². The summed E-state index contributed by atoms with van der Waals surface area (Å²) in [5, 5.41) is 1.36. The van der Waals surface area contributed by atoms with Crippen LogP contribution in [0.15, 0.2) is 65.6 Å². The number of ether oxygens (including phenoxy) is 1. The molecule has 4 aromatic rings. The van der Waals surface area contributed by atoms with Crippen molar-refractivity contribution in [2.45, 2.75) is 45.0 Å². The quantitative estimate of drug-likeness (QED) is 0.337. The molecule has 0 saturated carbocycles. The van der Waals surface area contributed by atoms with Gasteiger partial charge in [-0.2, -0.15) is 5.06 Å². The Balaban J connectivity index is 1.25. The summed E-state index contributed by atoms with van der Waals surface area (Å²) >= 11 is 0. The number of imidazole rings is 1.